The van der Waals surface area contributed by atoms with Crippen molar-refractivity contribution in [3.05, 3.63) is 68.4 Å². The highest BCUT2D eigenvalue weighted by Gasteiger charge is 2.34. The van der Waals surface area contributed by atoms with Gasteiger partial charge in [0.1, 0.15) is 17.9 Å². The Hall–Kier alpha value is -3.23. The van der Waals surface area contributed by atoms with E-state index in [-0.39, 0.29) is 5.82 Å². The molecule has 0 bridgehead atoms. The quantitative estimate of drug-likeness (QED) is 0.469. The van der Waals surface area contributed by atoms with Gasteiger partial charge in [-0.3, -0.25) is 0 Å². The zero-order valence-electron chi connectivity index (χ0n) is 16.5. The van der Waals surface area contributed by atoms with E-state index in [0.717, 1.165) is 34.8 Å². The summed E-state index contributed by atoms with van der Waals surface area (Å²) in [5, 5.41) is 24.2. The van der Waals surface area contributed by atoms with Gasteiger partial charge in [0, 0.05) is 17.6 Å². The summed E-state index contributed by atoms with van der Waals surface area (Å²) in [5.41, 5.74) is 4.40. The zero-order chi connectivity index (χ0) is 21.1. The lowest BCUT2D eigenvalue weighted by Crippen LogP contribution is -2.06. The number of hydrogen-bond donors (Lipinski definition) is 0. The van der Waals surface area contributed by atoms with E-state index in [4.69, 9.17) is 20.1 Å². The van der Waals surface area contributed by atoms with Crippen molar-refractivity contribution in [3.8, 4) is 5.88 Å². The van der Waals surface area contributed by atoms with Crippen LogP contribution in [0.5, 0.6) is 5.88 Å². The molecule has 1 fully saturated rings. The Kier molecular flexibility index (Phi) is 5.95. The molecule has 0 unspecified atom stereocenters. The van der Waals surface area contributed by atoms with Gasteiger partial charge in [0.25, 0.3) is 5.88 Å². The number of fused-ring (bicyclic) bond motifs is 1. The summed E-state index contributed by atoms with van der Waals surface area (Å²) >= 11 is 0. The van der Waals surface area contributed by atoms with Crippen LogP contribution in [0.25, 0.3) is 10.9 Å². The molecule has 8 nitrogen and oxygen atoms in total. The van der Waals surface area contributed by atoms with Crippen molar-refractivity contribution in [2.75, 3.05) is 0 Å². The molecule has 3 aromatic rings. The summed E-state index contributed by atoms with van der Waals surface area (Å²) in [6.07, 6.45) is 3.09. The molecule has 0 N–H and O–H groups in total. The molecule has 29 heavy (non-hydrogen) atoms. The smallest absolute Gasteiger partial charge is 0.258 e. The summed E-state index contributed by atoms with van der Waals surface area (Å²) in [5.74, 6) is 1.82. The van der Waals surface area contributed by atoms with E-state index in [1.54, 1.807) is 12.1 Å². The minimum absolute atomic E-state index is 0.246. The predicted molar refractivity (Wildman–Crippen MR) is 105 cm³/mol. The second kappa shape index (κ2) is 8.42. The van der Waals surface area contributed by atoms with E-state index in [9.17, 15) is 4.39 Å². The van der Waals surface area contributed by atoms with Gasteiger partial charge in [-0.15, -0.1) is 5.10 Å². The maximum Gasteiger partial charge on any atom is 0.258 e. The van der Waals surface area contributed by atoms with Crippen molar-refractivity contribution >= 4 is 10.9 Å². The molecule has 1 aliphatic carbocycles. The first-order chi connectivity index (χ1) is 13.8. The van der Waals surface area contributed by atoms with E-state index in [2.05, 4.69) is 35.5 Å². The van der Waals surface area contributed by atoms with Gasteiger partial charge in [-0.25, -0.2) is 4.39 Å². The van der Waals surface area contributed by atoms with Crippen LogP contribution in [-0.4, -0.2) is 19.9 Å². The first kappa shape index (κ1) is 20.5. The van der Waals surface area contributed by atoms with E-state index >= 15 is 0 Å². The maximum absolute atomic E-state index is 13.1. The standard InChI is InChI=1S/C20H22FN3O.NO3/c1-12-8-16(12)10-24-14(3)13(2)18-9-22-23-20(19(18)24)25-11-15-4-6-17(21)7-5-15;2-1(3)4/h4-7,9,12,16H,8,10-11H2,1-3H3;/q;-1/t12-,16+;/m0./s1. The molecule has 0 saturated heterocycles. The molecule has 9 heteroatoms. The van der Waals surface area contributed by atoms with E-state index in [0.29, 0.717) is 12.5 Å². The van der Waals surface area contributed by atoms with Crippen molar-refractivity contribution in [1.82, 2.24) is 14.8 Å². The van der Waals surface area contributed by atoms with Gasteiger partial charge in [-0.1, -0.05) is 19.1 Å². The van der Waals surface area contributed by atoms with Crippen LogP contribution in [0.2, 0.25) is 0 Å². The summed E-state index contributed by atoms with van der Waals surface area (Å²) in [6, 6.07) is 6.33. The average molecular weight is 401 g/mol. The van der Waals surface area contributed by atoms with Gasteiger partial charge in [0.15, 0.2) is 0 Å². The largest absolute Gasteiger partial charge is 0.470 e. The summed E-state index contributed by atoms with van der Waals surface area (Å²) in [7, 11) is 0. The van der Waals surface area contributed by atoms with E-state index in [1.165, 1.54) is 29.8 Å². The van der Waals surface area contributed by atoms with Gasteiger partial charge in [0.2, 0.25) is 0 Å². The normalized spacial score (nSPS) is 17.5. The maximum atomic E-state index is 13.1. The van der Waals surface area contributed by atoms with Gasteiger partial charge in [-0.05, 0) is 55.4 Å². The van der Waals surface area contributed by atoms with Crippen LogP contribution >= 0.6 is 0 Å². The summed E-state index contributed by atoms with van der Waals surface area (Å²) in [6.45, 7) is 7.90. The van der Waals surface area contributed by atoms with Crippen molar-refractivity contribution in [3.63, 3.8) is 0 Å². The van der Waals surface area contributed by atoms with Crippen LogP contribution in [0.4, 0.5) is 4.39 Å². The molecule has 2 heterocycles. The number of rotatable bonds is 5. The van der Waals surface area contributed by atoms with Crippen molar-refractivity contribution in [1.29, 1.82) is 0 Å². The molecule has 2 atom stereocenters. The number of halogens is 1. The number of benzene rings is 1. The van der Waals surface area contributed by atoms with Gasteiger partial charge >= 0.3 is 0 Å². The van der Waals surface area contributed by atoms with Crippen LogP contribution in [-0.2, 0) is 13.2 Å². The number of aromatic nitrogens is 3. The minimum Gasteiger partial charge on any atom is -0.470 e. The van der Waals surface area contributed by atoms with Crippen LogP contribution in [0.15, 0.2) is 30.5 Å². The number of ether oxygens (including phenoxy) is 1. The Bertz CT molecular complexity index is 1020. The van der Waals surface area contributed by atoms with Gasteiger partial charge in [0.05, 0.1) is 11.3 Å². The molecule has 2 aromatic heterocycles. The van der Waals surface area contributed by atoms with Crippen LogP contribution in [0.3, 0.4) is 0 Å². The van der Waals surface area contributed by atoms with Crippen LogP contribution in [0, 0.1) is 46.8 Å². The first-order valence-corrected chi connectivity index (χ1v) is 9.27. The summed E-state index contributed by atoms with van der Waals surface area (Å²) in [4.78, 5) is 8.25. The molecule has 0 radical (unpaired) electrons. The van der Waals surface area contributed by atoms with Gasteiger partial charge in [-0.2, -0.15) is 5.10 Å². The molecule has 0 spiro atoms. The summed E-state index contributed by atoms with van der Waals surface area (Å²) < 4.78 is 21.3. The van der Waals surface area contributed by atoms with E-state index in [1.807, 2.05) is 6.20 Å². The molecule has 1 saturated carbocycles. The Morgan fingerprint density at radius 3 is 2.48 bits per heavy atom. The number of nitrogens with zero attached hydrogens (tertiary/aromatic N) is 4. The lowest BCUT2D eigenvalue weighted by molar-refractivity contribution is -0.402. The lowest BCUT2D eigenvalue weighted by Gasteiger charge is -2.11. The Labute approximate surface area is 167 Å². The third kappa shape index (κ3) is 4.79. The molecule has 4 rings (SSSR count). The fourth-order valence-corrected chi connectivity index (χ4v) is 3.41. The highest BCUT2D eigenvalue weighted by molar-refractivity contribution is 5.88. The molecule has 0 aliphatic heterocycles. The SMILES string of the molecule is Cc1c(C)n(C[C@H]2C[C@@H]2C)c2c(OCc3ccc(F)cc3)nncc12.O=[N+]([O-])[O-]. The predicted octanol–water partition coefficient (Wildman–Crippen LogP) is 4.18. The highest BCUT2D eigenvalue weighted by atomic mass is 19.1. The third-order valence-corrected chi connectivity index (χ3v) is 5.40. The van der Waals surface area contributed by atoms with Crippen molar-refractivity contribution in [2.45, 2.75) is 40.3 Å². The van der Waals surface area contributed by atoms with Crippen LogP contribution < -0.4 is 4.74 Å². The zero-order valence-corrected chi connectivity index (χ0v) is 16.5. The molecule has 1 aromatic carbocycles. The van der Waals surface area contributed by atoms with Crippen LogP contribution in [0.1, 0.15) is 30.2 Å². The second-order valence-corrected chi connectivity index (χ2v) is 7.34. The Morgan fingerprint density at radius 2 is 1.90 bits per heavy atom. The highest BCUT2D eigenvalue weighted by Crippen LogP contribution is 2.41. The topological polar surface area (TPSA) is 106 Å². The second-order valence-electron chi connectivity index (χ2n) is 7.34. The lowest BCUT2D eigenvalue weighted by atomic mass is 10.2. The fraction of sp³-hybridized carbons (Fsp3) is 0.400. The van der Waals surface area contributed by atoms with Crippen molar-refractivity contribution < 1.29 is 14.2 Å². The third-order valence-electron chi connectivity index (χ3n) is 5.40. The number of aryl methyl sites for hydroxylation is 1. The number of hydrogen-bond acceptors (Lipinski definition) is 6. The van der Waals surface area contributed by atoms with E-state index < -0.39 is 5.09 Å². The first-order valence-electron chi connectivity index (χ1n) is 9.27. The Balaban J connectivity index is 0.000000552. The van der Waals surface area contributed by atoms with Gasteiger partial charge < -0.3 is 24.6 Å². The van der Waals surface area contributed by atoms with Crippen molar-refractivity contribution in [2.24, 2.45) is 11.8 Å². The molecular weight excluding hydrogens is 379 g/mol. The monoisotopic (exact) mass is 401 g/mol. The molecule has 1 aliphatic rings. The molecular formula is C20H22FN4O4-. The Morgan fingerprint density at radius 1 is 1.28 bits per heavy atom. The molecule has 154 valence electrons. The average Bonchev–Trinajstić information content (AvgIpc) is 3.32. The molecule has 0 amide bonds. The fourth-order valence-electron chi connectivity index (χ4n) is 3.41. The minimum atomic E-state index is -1.75.